The van der Waals surface area contributed by atoms with E-state index in [2.05, 4.69) is 25.6 Å². The third-order valence-corrected chi connectivity index (χ3v) is 6.55. The zero-order valence-corrected chi connectivity index (χ0v) is 16.5. The van der Waals surface area contributed by atoms with E-state index in [0.29, 0.717) is 23.6 Å². The van der Waals surface area contributed by atoms with Gasteiger partial charge in [-0.3, -0.25) is 0 Å². The predicted molar refractivity (Wildman–Crippen MR) is 104 cm³/mol. The van der Waals surface area contributed by atoms with Crippen molar-refractivity contribution in [1.29, 1.82) is 0 Å². The molecule has 0 unspecified atom stereocenters. The molecule has 0 aliphatic carbocycles. The van der Waals surface area contributed by atoms with Crippen LogP contribution in [0.1, 0.15) is 24.0 Å². The van der Waals surface area contributed by atoms with Crippen molar-refractivity contribution >= 4 is 31.7 Å². The highest BCUT2D eigenvalue weighted by molar-refractivity contribution is 9.10. The van der Waals surface area contributed by atoms with E-state index in [9.17, 15) is 8.42 Å². The van der Waals surface area contributed by atoms with Crippen LogP contribution in [0.3, 0.4) is 0 Å². The molecule has 2 aliphatic rings. The number of nitrogens with zero attached hydrogens (tertiary/aromatic N) is 1. The maximum Gasteiger partial charge on any atom is 0.283 e. The van der Waals surface area contributed by atoms with E-state index >= 15 is 0 Å². The van der Waals surface area contributed by atoms with E-state index in [4.69, 9.17) is 4.74 Å². The Morgan fingerprint density at radius 2 is 1.92 bits per heavy atom. The Bertz CT molecular complexity index is 951. The summed E-state index contributed by atoms with van der Waals surface area (Å²) in [6, 6.07) is 12.6. The molecule has 7 heteroatoms. The highest BCUT2D eigenvalue weighted by Crippen LogP contribution is 2.32. The van der Waals surface area contributed by atoms with Crippen LogP contribution in [-0.2, 0) is 10.0 Å². The van der Waals surface area contributed by atoms with Crippen molar-refractivity contribution in [3.05, 3.63) is 58.1 Å². The average Bonchev–Trinajstić information content (AvgIpc) is 2.85. The molecular formula is C19H19BrN2O3S. The second kappa shape index (κ2) is 7.13. The standard InChI is InChI=1S/C19H19BrN2O3S/c20-15-5-3-14(4-6-15)19-17-8-7-16(10-18(17)26(23,24)22-19)25-9-1-2-13-11-21-12-13/h3-8,10,13,21H,1-2,9,11-12H2. The number of hydrogen-bond donors (Lipinski definition) is 1. The molecule has 0 spiro atoms. The molecule has 0 amide bonds. The van der Waals surface area contributed by atoms with Crippen LogP contribution < -0.4 is 10.1 Å². The minimum atomic E-state index is -3.69. The van der Waals surface area contributed by atoms with Crippen molar-refractivity contribution in [3.63, 3.8) is 0 Å². The highest BCUT2D eigenvalue weighted by Gasteiger charge is 2.30. The summed E-state index contributed by atoms with van der Waals surface area (Å²) in [5, 5.41) is 3.25. The third kappa shape index (κ3) is 3.56. The quantitative estimate of drug-likeness (QED) is 0.707. The number of nitrogens with one attached hydrogen (secondary N) is 1. The fourth-order valence-corrected chi connectivity index (χ4v) is 4.67. The lowest BCUT2D eigenvalue weighted by atomic mass is 9.98. The molecule has 4 rings (SSSR count). The first-order valence-electron chi connectivity index (χ1n) is 8.62. The zero-order chi connectivity index (χ0) is 18.1. The Kier molecular flexibility index (Phi) is 4.86. The van der Waals surface area contributed by atoms with E-state index < -0.39 is 10.0 Å². The van der Waals surface area contributed by atoms with Crippen molar-refractivity contribution in [2.24, 2.45) is 10.3 Å². The van der Waals surface area contributed by atoms with Gasteiger partial charge >= 0.3 is 0 Å². The molecule has 1 fully saturated rings. The molecule has 2 aromatic rings. The zero-order valence-electron chi connectivity index (χ0n) is 14.1. The van der Waals surface area contributed by atoms with Gasteiger partial charge in [-0.25, -0.2) is 0 Å². The fourth-order valence-electron chi connectivity index (χ4n) is 3.15. The number of hydrogen-bond acceptors (Lipinski definition) is 4. The van der Waals surface area contributed by atoms with E-state index in [1.54, 1.807) is 12.1 Å². The molecule has 0 saturated carbocycles. The van der Waals surface area contributed by atoms with Crippen LogP contribution in [0, 0.1) is 5.92 Å². The summed E-state index contributed by atoms with van der Waals surface area (Å²) >= 11 is 3.39. The molecule has 0 bridgehead atoms. The Labute approximate surface area is 161 Å². The van der Waals surface area contributed by atoms with Crippen LogP contribution in [-0.4, -0.2) is 33.8 Å². The lowest BCUT2D eigenvalue weighted by molar-refractivity contribution is 0.262. The summed E-state index contributed by atoms with van der Waals surface area (Å²) in [7, 11) is -3.69. The summed E-state index contributed by atoms with van der Waals surface area (Å²) in [5.41, 5.74) is 1.88. The summed E-state index contributed by atoms with van der Waals surface area (Å²) < 4.78 is 35.6. The topological polar surface area (TPSA) is 67.8 Å². The third-order valence-electron chi connectivity index (χ3n) is 4.71. The fraction of sp³-hybridized carbons (Fsp3) is 0.316. The van der Waals surface area contributed by atoms with Gasteiger partial charge < -0.3 is 10.1 Å². The van der Waals surface area contributed by atoms with Crippen molar-refractivity contribution in [3.8, 4) is 5.75 Å². The normalized spacial score (nSPS) is 18.1. The summed E-state index contributed by atoms with van der Waals surface area (Å²) in [6.45, 7) is 2.77. The number of halogens is 1. The van der Waals surface area contributed by atoms with Gasteiger partial charge in [-0.15, -0.1) is 0 Å². The number of fused-ring (bicyclic) bond motifs is 1. The Hall–Kier alpha value is -1.70. The van der Waals surface area contributed by atoms with Crippen molar-refractivity contribution in [2.75, 3.05) is 19.7 Å². The summed E-state index contributed by atoms with van der Waals surface area (Å²) in [6.07, 6.45) is 2.10. The van der Waals surface area contributed by atoms with Gasteiger partial charge in [-0.05, 0) is 56.1 Å². The number of ether oxygens (including phenoxy) is 1. The molecule has 0 atom stereocenters. The lowest BCUT2D eigenvalue weighted by Gasteiger charge is -2.26. The van der Waals surface area contributed by atoms with Crippen LogP contribution in [0.5, 0.6) is 5.75 Å². The van der Waals surface area contributed by atoms with Gasteiger partial charge in [-0.1, -0.05) is 28.1 Å². The minimum absolute atomic E-state index is 0.219. The van der Waals surface area contributed by atoms with Crippen LogP contribution in [0.4, 0.5) is 0 Å². The monoisotopic (exact) mass is 434 g/mol. The number of sulfonamides is 1. The molecule has 5 nitrogen and oxygen atoms in total. The van der Waals surface area contributed by atoms with E-state index in [1.807, 2.05) is 30.3 Å². The smallest absolute Gasteiger partial charge is 0.283 e. The molecule has 2 aromatic carbocycles. The number of rotatable bonds is 6. The molecule has 0 aromatic heterocycles. The largest absolute Gasteiger partial charge is 0.494 e. The van der Waals surface area contributed by atoms with Crippen molar-refractivity contribution in [2.45, 2.75) is 17.7 Å². The highest BCUT2D eigenvalue weighted by atomic mass is 79.9. The first kappa shape index (κ1) is 17.7. The molecule has 2 aliphatic heterocycles. The Morgan fingerprint density at radius 1 is 1.15 bits per heavy atom. The molecule has 1 saturated heterocycles. The molecule has 1 N–H and O–H groups in total. The average molecular weight is 435 g/mol. The second-order valence-electron chi connectivity index (χ2n) is 6.59. The molecule has 136 valence electrons. The molecular weight excluding hydrogens is 416 g/mol. The van der Waals surface area contributed by atoms with E-state index in [1.165, 1.54) is 0 Å². The van der Waals surface area contributed by atoms with Gasteiger partial charge in [0.25, 0.3) is 10.0 Å². The molecule has 2 heterocycles. The van der Waals surface area contributed by atoms with E-state index in [0.717, 1.165) is 41.9 Å². The maximum absolute atomic E-state index is 12.5. The van der Waals surface area contributed by atoms with Crippen molar-refractivity contribution < 1.29 is 13.2 Å². The van der Waals surface area contributed by atoms with E-state index in [-0.39, 0.29) is 4.90 Å². The lowest BCUT2D eigenvalue weighted by Crippen LogP contribution is -2.41. The SMILES string of the molecule is O=S1(=O)N=C(c2ccc(Br)cc2)c2ccc(OCCCC3CNC3)cc21. The molecule has 0 radical (unpaired) electrons. The van der Waals surface area contributed by atoms with Gasteiger partial charge in [0.2, 0.25) is 0 Å². The van der Waals surface area contributed by atoms with Crippen LogP contribution in [0.2, 0.25) is 0 Å². The maximum atomic E-state index is 12.5. The summed E-state index contributed by atoms with van der Waals surface area (Å²) in [5.74, 6) is 1.33. The van der Waals surface area contributed by atoms with Gasteiger partial charge in [0.05, 0.1) is 12.3 Å². The first-order valence-corrected chi connectivity index (χ1v) is 10.8. The van der Waals surface area contributed by atoms with Crippen LogP contribution in [0.15, 0.2) is 56.2 Å². The number of benzene rings is 2. The first-order chi connectivity index (χ1) is 12.5. The van der Waals surface area contributed by atoms with Gasteiger partial charge in [-0.2, -0.15) is 12.8 Å². The second-order valence-corrected chi connectivity index (χ2v) is 9.08. The van der Waals surface area contributed by atoms with Gasteiger partial charge in [0.1, 0.15) is 10.6 Å². The Morgan fingerprint density at radius 3 is 2.62 bits per heavy atom. The van der Waals surface area contributed by atoms with Crippen molar-refractivity contribution in [1.82, 2.24) is 5.32 Å². The van der Waals surface area contributed by atoms with Crippen LogP contribution in [0.25, 0.3) is 0 Å². The van der Waals surface area contributed by atoms with Gasteiger partial charge in [0.15, 0.2) is 0 Å². The molecule has 26 heavy (non-hydrogen) atoms. The minimum Gasteiger partial charge on any atom is -0.494 e. The summed E-state index contributed by atoms with van der Waals surface area (Å²) in [4.78, 5) is 0.219. The Balaban J connectivity index is 1.51. The predicted octanol–water partition coefficient (Wildman–Crippen LogP) is 3.37. The van der Waals surface area contributed by atoms with Gasteiger partial charge in [0, 0.05) is 21.7 Å². The van der Waals surface area contributed by atoms with Crippen LogP contribution >= 0.6 is 15.9 Å².